The molecule has 0 unspecified atom stereocenters. The van der Waals surface area contributed by atoms with Gasteiger partial charge in [-0.05, 0) is 26.7 Å². The fraction of sp³-hybridized carbons (Fsp3) is 0.458. The molecule has 0 radical (unpaired) electrons. The van der Waals surface area contributed by atoms with Crippen molar-refractivity contribution in [2.24, 2.45) is 12.2 Å². The molecule has 0 saturated carbocycles. The van der Waals surface area contributed by atoms with Crippen LogP contribution in [0.2, 0.25) is 0 Å². The number of carbonyl (C=O) groups is 5. The van der Waals surface area contributed by atoms with E-state index in [0.717, 1.165) is 22.0 Å². The van der Waals surface area contributed by atoms with Crippen molar-refractivity contribution in [1.29, 1.82) is 0 Å². The van der Waals surface area contributed by atoms with Gasteiger partial charge >= 0.3 is 5.97 Å². The molecule has 2 aromatic rings. The van der Waals surface area contributed by atoms with E-state index in [1.165, 1.54) is 25.6 Å². The second-order valence-electron chi connectivity index (χ2n) is 10.2. The Hall–Kier alpha value is -4.72. The zero-order valence-electron chi connectivity index (χ0n) is 23.8. The van der Waals surface area contributed by atoms with Crippen LogP contribution in [0.4, 0.5) is 10.9 Å². The third kappa shape index (κ3) is 6.44. The lowest BCUT2D eigenvalue weighted by Gasteiger charge is -2.50. The van der Waals surface area contributed by atoms with Crippen LogP contribution in [0.3, 0.4) is 0 Å². The van der Waals surface area contributed by atoms with Crippen LogP contribution in [0.25, 0.3) is 0 Å². The van der Waals surface area contributed by atoms with Crippen LogP contribution in [0.15, 0.2) is 22.6 Å². The van der Waals surface area contributed by atoms with Gasteiger partial charge in [-0.3, -0.25) is 19.3 Å². The molecule has 4 rings (SSSR count). The van der Waals surface area contributed by atoms with E-state index in [1.54, 1.807) is 22.6 Å². The highest BCUT2D eigenvalue weighted by Crippen LogP contribution is 2.40. The van der Waals surface area contributed by atoms with Crippen LogP contribution in [0, 0.1) is 0 Å². The molecule has 3 amide bonds. The average molecular weight is 651 g/mol. The molecule has 7 N–H and O–H groups in total. The Morgan fingerprint density at radius 1 is 1.36 bits per heavy atom. The molecule has 0 bridgehead atoms. The highest BCUT2D eigenvalue weighted by molar-refractivity contribution is 8.00. The van der Waals surface area contributed by atoms with Crippen molar-refractivity contribution in [3.05, 3.63) is 28.9 Å². The van der Waals surface area contributed by atoms with E-state index in [1.807, 2.05) is 0 Å². The SMILES string of the molecule is Cn1c(N)c(CCCNC=O)c[n+]1CC1=C(C(=O)[O-])N2C(=O)[C@@H](NC(=O)/C(=N\OC(C)(C)C(=O)O)c3nsc(N)n3)[C@H]2SC1. The van der Waals surface area contributed by atoms with Crippen molar-refractivity contribution < 1.29 is 43.7 Å². The smallest absolute Gasteiger partial charge is 0.350 e. The van der Waals surface area contributed by atoms with Crippen molar-refractivity contribution >= 4 is 70.1 Å². The van der Waals surface area contributed by atoms with Crippen molar-refractivity contribution in [2.45, 2.75) is 50.3 Å². The van der Waals surface area contributed by atoms with Crippen LogP contribution < -0.4 is 31.9 Å². The number of hydrogen-bond donors (Lipinski definition) is 5. The topological polar surface area (TPSA) is 264 Å². The Morgan fingerprint density at radius 3 is 2.70 bits per heavy atom. The van der Waals surface area contributed by atoms with E-state index in [4.69, 9.17) is 16.3 Å². The minimum absolute atomic E-state index is 0.00266. The van der Waals surface area contributed by atoms with Gasteiger partial charge in [0, 0.05) is 29.4 Å². The molecule has 1 saturated heterocycles. The number of aromatic nitrogens is 4. The molecule has 0 aliphatic carbocycles. The summed E-state index contributed by atoms with van der Waals surface area (Å²) in [7, 11) is 1.71. The lowest BCUT2D eigenvalue weighted by atomic mass is 10.0. The van der Waals surface area contributed by atoms with Gasteiger partial charge in [0.2, 0.25) is 29.7 Å². The van der Waals surface area contributed by atoms with Gasteiger partial charge in [-0.1, -0.05) is 5.16 Å². The van der Waals surface area contributed by atoms with Gasteiger partial charge in [0.05, 0.1) is 24.3 Å². The lowest BCUT2D eigenvalue weighted by molar-refractivity contribution is -0.765. The third-order valence-electron chi connectivity index (χ3n) is 6.85. The molecule has 2 aromatic heterocycles. The monoisotopic (exact) mass is 650 g/mol. The number of carbonyl (C=O) groups excluding carboxylic acids is 4. The minimum Gasteiger partial charge on any atom is -0.543 e. The summed E-state index contributed by atoms with van der Waals surface area (Å²) >= 11 is 1.99. The van der Waals surface area contributed by atoms with E-state index < -0.39 is 46.5 Å². The van der Waals surface area contributed by atoms with Gasteiger partial charge < -0.3 is 41.9 Å². The Morgan fingerprint density at radius 2 is 2.09 bits per heavy atom. The molecule has 18 nitrogen and oxygen atoms in total. The predicted octanol–water partition coefficient (Wildman–Crippen LogP) is -3.30. The van der Waals surface area contributed by atoms with E-state index in [-0.39, 0.29) is 29.0 Å². The van der Waals surface area contributed by atoms with E-state index >= 15 is 0 Å². The van der Waals surface area contributed by atoms with Gasteiger partial charge in [-0.25, -0.2) is 4.79 Å². The molecule has 2 atom stereocenters. The lowest BCUT2D eigenvalue weighted by Crippen LogP contribution is -2.71. The maximum Gasteiger partial charge on any atom is 0.350 e. The fourth-order valence-corrected chi connectivity index (χ4v) is 6.15. The first-order valence-electron chi connectivity index (χ1n) is 13.1. The summed E-state index contributed by atoms with van der Waals surface area (Å²) in [6.07, 6.45) is 3.62. The number of nitrogens with zero attached hydrogens (tertiary/aromatic N) is 6. The molecule has 1 fully saturated rings. The molecular weight excluding hydrogens is 620 g/mol. The number of rotatable bonds is 14. The third-order valence-corrected chi connectivity index (χ3v) is 8.73. The zero-order valence-corrected chi connectivity index (χ0v) is 25.4. The highest BCUT2D eigenvalue weighted by Gasteiger charge is 2.53. The van der Waals surface area contributed by atoms with Crippen molar-refractivity contribution in [3.8, 4) is 0 Å². The zero-order chi connectivity index (χ0) is 32.3. The summed E-state index contributed by atoms with van der Waals surface area (Å²) in [4.78, 5) is 70.6. The van der Waals surface area contributed by atoms with E-state index in [9.17, 15) is 34.2 Å². The molecule has 2 aliphatic rings. The maximum absolute atomic E-state index is 13.2. The van der Waals surface area contributed by atoms with Gasteiger partial charge in [-0.2, -0.15) is 9.36 Å². The number of oxime groups is 1. The van der Waals surface area contributed by atoms with E-state index in [2.05, 4.69) is 25.1 Å². The summed E-state index contributed by atoms with van der Waals surface area (Å²) in [6, 6.07) is -1.15. The maximum atomic E-state index is 13.2. The number of nitrogens with two attached hydrogens (primary N) is 2. The Kier molecular flexibility index (Phi) is 9.42. The highest BCUT2D eigenvalue weighted by atomic mass is 32.2. The van der Waals surface area contributed by atoms with Gasteiger partial charge in [0.25, 0.3) is 11.8 Å². The van der Waals surface area contributed by atoms with Crippen LogP contribution >= 0.6 is 23.3 Å². The molecule has 44 heavy (non-hydrogen) atoms. The van der Waals surface area contributed by atoms with Crippen molar-refractivity contribution in [1.82, 2.24) is 29.6 Å². The number of aliphatic carboxylic acids is 2. The number of aryl methyl sites for hydroxylation is 1. The van der Waals surface area contributed by atoms with Crippen LogP contribution in [0.1, 0.15) is 31.7 Å². The summed E-state index contributed by atoms with van der Waals surface area (Å²) in [6.45, 7) is 3.00. The molecule has 236 valence electrons. The molecule has 20 heteroatoms. The minimum atomic E-state index is -1.81. The Balaban J connectivity index is 1.53. The van der Waals surface area contributed by atoms with Gasteiger partial charge in [-0.15, -0.1) is 21.1 Å². The normalized spacial score (nSPS) is 18.4. The number of fused-ring (bicyclic) bond motifs is 1. The first kappa shape index (κ1) is 32.2. The Bertz CT molecular complexity index is 1570. The predicted molar refractivity (Wildman–Crippen MR) is 153 cm³/mol. The van der Waals surface area contributed by atoms with Crippen LogP contribution in [0.5, 0.6) is 0 Å². The number of thioether (sulfide) groups is 1. The number of carboxylic acid groups (broad SMARTS) is 2. The van der Waals surface area contributed by atoms with Gasteiger partial charge in [0.15, 0.2) is 17.5 Å². The fourth-order valence-electron chi connectivity index (χ4n) is 4.38. The number of hydrogen-bond acceptors (Lipinski definition) is 14. The number of nitrogens with one attached hydrogen (secondary N) is 2. The van der Waals surface area contributed by atoms with Crippen LogP contribution in [-0.2, 0) is 48.8 Å². The average Bonchev–Trinajstić information content (AvgIpc) is 3.51. The summed E-state index contributed by atoms with van der Waals surface area (Å²) in [5.74, 6) is -4.15. The number of amides is 3. The summed E-state index contributed by atoms with van der Waals surface area (Å²) < 4.78 is 7.30. The molecule has 2 aliphatic heterocycles. The molecular formula is C24H30N10O8S2. The number of β-lactam (4-membered cyclic amide) rings is 1. The quantitative estimate of drug-likeness (QED) is 0.0335. The first-order chi connectivity index (χ1) is 20.8. The molecule has 4 heterocycles. The Labute approximate surface area is 258 Å². The van der Waals surface area contributed by atoms with E-state index in [0.29, 0.717) is 37.2 Å². The second kappa shape index (κ2) is 12.9. The number of nitrogen functional groups attached to an aromatic ring is 2. The first-order valence-corrected chi connectivity index (χ1v) is 14.9. The van der Waals surface area contributed by atoms with Crippen molar-refractivity contribution in [2.75, 3.05) is 23.8 Å². The number of anilines is 2. The molecule has 0 spiro atoms. The number of carboxylic acids is 2. The van der Waals surface area contributed by atoms with Crippen molar-refractivity contribution in [3.63, 3.8) is 0 Å². The molecule has 0 aromatic carbocycles. The summed E-state index contributed by atoms with van der Waals surface area (Å²) in [5.41, 5.74) is 10.4. The summed E-state index contributed by atoms with van der Waals surface area (Å²) in [5, 5.41) is 29.5. The largest absolute Gasteiger partial charge is 0.543 e. The standard InChI is InChI=1S/C24H30N10O8S2/c1-24(2,22(40)41)42-30-13(17-29-23(26)44-31-17)18(36)28-14-19(37)34-15(21(38)39)12(9-43-20(14)34)8-33-7-11(16(25)32(33)3)5-4-6-27-10-35/h7,10,14,20,25H,4-6,8-9H2,1-3H3,(H6,26,27,28,29,31,35,36,38,39,40,41)/b30-13-/t14-,20-/m1/s1. The van der Waals surface area contributed by atoms with Crippen LogP contribution in [-0.4, -0.2) is 89.2 Å². The second-order valence-corrected chi connectivity index (χ2v) is 12.1. The van der Waals surface area contributed by atoms with Gasteiger partial charge in [0.1, 0.15) is 11.4 Å².